The molecule has 2 aromatic carbocycles. The Morgan fingerprint density at radius 2 is 2.00 bits per heavy atom. The summed E-state index contributed by atoms with van der Waals surface area (Å²) in [6, 6.07) is 19.6. The maximum absolute atomic E-state index is 12.2. The highest BCUT2D eigenvalue weighted by atomic mass is 16.1. The van der Waals surface area contributed by atoms with E-state index in [1.165, 1.54) is 0 Å². The molecule has 0 aliphatic heterocycles. The molecule has 0 fully saturated rings. The van der Waals surface area contributed by atoms with Crippen LogP contribution in [0.25, 0.3) is 17.0 Å². The van der Waals surface area contributed by atoms with Crippen molar-refractivity contribution < 1.29 is 4.79 Å². The number of aromatic nitrogens is 1. The lowest BCUT2D eigenvalue weighted by atomic mass is 10.1. The van der Waals surface area contributed by atoms with Gasteiger partial charge in [-0.2, -0.15) is 5.26 Å². The van der Waals surface area contributed by atoms with Crippen LogP contribution >= 0.6 is 0 Å². The number of hydrogen-bond donors (Lipinski definition) is 2. The van der Waals surface area contributed by atoms with Gasteiger partial charge < -0.3 is 10.3 Å². The van der Waals surface area contributed by atoms with Crippen molar-refractivity contribution in [3.63, 3.8) is 0 Å². The molecule has 118 valence electrons. The van der Waals surface area contributed by atoms with Crippen molar-refractivity contribution in [1.82, 2.24) is 10.3 Å². The molecule has 3 aromatic rings. The van der Waals surface area contributed by atoms with Gasteiger partial charge in [-0.25, -0.2) is 0 Å². The van der Waals surface area contributed by atoms with E-state index < -0.39 is 0 Å². The van der Waals surface area contributed by atoms with Crippen LogP contribution in [0.5, 0.6) is 0 Å². The number of nitrogens with one attached hydrogen (secondary N) is 2. The van der Waals surface area contributed by atoms with Gasteiger partial charge in [0.05, 0.1) is 0 Å². The lowest BCUT2D eigenvalue weighted by Crippen LogP contribution is -2.26. The predicted molar refractivity (Wildman–Crippen MR) is 95.0 cm³/mol. The van der Waals surface area contributed by atoms with Crippen LogP contribution in [0.3, 0.4) is 0 Å². The fourth-order valence-corrected chi connectivity index (χ4v) is 2.54. The second-order valence-electron chi connectivity index (χ2n) is 5.49. The Kier molecular flexibility index (Phi) is 4.73. The normalized spacial score (nSPS) is 11.2. The first-order valence-electron chi connectivity index (χ1n) is 7.77. The summed E-state index contributed by atoms with van der Waals surface area (Å²) in [6.45, 7) is 0.499. The molecule has 0 bridgehead atoms. The van der Waals surface area contributed by atoms with Gasteiger partial charge in [0.25, 0.3) is 5.91 Å². The molecule has 1 aromatic heterocycles. The van der Waals surface area contributed by atoms with E-state index in [1.54, 1.807) is 6.08 Å². The molecule has 24 heavy (non-hydrogen) atoms. The number of aromatic amines is 1. The SMILES string of the molecule is N#CC(=Cc1ccc2[nH]ccc2c1)C(=O)NCCc1ccccc1. The topological polar surface area (TPSA) is 68.7 Å². The van der Waals surface area contributed by atoms with Gasteiger partial charge in [-0.15, -0.1) is 0 Å². The maximum Gasteiger partial charge on any atom is 0.261 e. The molecule has 0 aliphatic rings. The van der Waals surface area contributed by atoms with E-state index in [9.17, 15) is 10.1 Å². The summed E-state index contributed by atoms with van der Waals surface area (Å²) in [6.07, 6.45) is 4.21. The van der Waals surface area contributed by atoms with E-state index >= 15 is 0 Å². The predicted octanol–water partition coefficient (Wildman–Crippen LogP) is 3.43. The maximum atomic E-state index is 12.2. The van der Waals surface area contributed by atoms with Crippen molar-refractivity contribution in [2.24, 2.45) is 0 Å². The first kappa shape index (κ1) is 15.6. The third-order valence-electron chi connectivity index (χ3n) is 3.80. The number of carbonyl (C=O) groups is 1. The first-order chi connectivity index (χ1) is 11.8. The fraction of sp³-hybridized carbons (Fsp3) is 0.100. The van der Waals surface area contributed by atoms with Gasteiger partial charge in [0.15, 0.2) is 0 Å². The van der Waals surface area contributed by atoms with Crippen LogP contribution in [-0.2, 0) is 11.2 Å². The van der Waals surface area contributed by atoms with Gasteiger partial charge in [0, 0.05) is 18.3 Å². The van der Waals surface area contributed by atoms with E-state index in [2.05, 4.69) is 10.3 Å². The minimum Gasteiger partial charge on any atom is -0.361 e. The molecule has 0 saturated heterocycles. The number of benzene rings is 2. The minimum absolute atomic E-state index is 0.109. The molecule has 3 rings (SSSR count). The highest BCUT2D eigenvalue weighted by Gasteiger charge is 2.08. The van der Waals surface area contributed by atoms with E-state index in [-0.39, 0.29) is 11.5 Å². The van der Waals surface area contributed by atoms with Gasteiger partial charge in [-0.05, 0) is 47.2 Å². The van der Waals surface area contributed by atoms with Crippen LogP contribution in [0.2, 0.25) is 0 Å². The summed E-state index contributed by atoms with van der Waals surface area (Å²) >= 11 is 0. The Hall–Kier alpha value is -3.32. The summed E-state index contributed by atoms with van der Waals surface area (Å²) in [5.74, 6) is -0.345. The number of fused-ring (bicyclic) bond motifs is 1. The molecule has 0 saturated carbocycles. The standard InChI is InChI=1S/C20H17N3O/c21-14-18(13-16-6-7-19-17(12-16)9-11-22-19)20(24)23-10-8-15-4-2-1-3-5-15/h1-7,9,11-13,22H,8,10H2,(H,23,24). The smallest absolute Gasteiger partial charge is 0.261 e. The van der Waals surface area contributed by atoms with Crippen LogP contribution in [-0.4, -0.2) is 17.4 Å². The van der Waals surface area contributed by atoms with Crippen LogP contribution in [0.15, 0.2) is 66.4 Å². The fourth-order valence-electron chi connectivity index (χ4n) is 2.54. The summed E-state index contributed by atoms with van der Waals surface area (Å²) in [7, 11) is 0. The molecular formula is C20H17N3O. The largest absolute Gasteiger partial charge is 0.361 e. The van der Waals surface area contributed by atoms with Crippen LogP contribution in [0, 0.1) is 11.3 Å². The number of hydrogen-bond acceptors (Lipinski definition) is 2. The number of H-pyrrole nitrogens is 1. The van der Waals surface area contributed by atoms with E-state index in [1.807, 2.05) is 66.9 Å². The van der Waals surface area contributed by atoms with Crippen molar-refractivity contribution >= 4 is 22.9 Å². The van der Waals surface area contributed by atoms with Crippen LogP contribution < -0.4 is 5.32 Å². The zero-order valence-corrected chi connectivity index (χ0v) is 13.1. The quantitative estimate of drug-likeness (QED) is 0.559. The molecule has 2 N–H and O–H groups in total. The highest BCUT2D eigenvalue weighted by molar-refractivity contribution is 6.02. The van der Waals surface area contributed by atoms with E-state index in [0.29, 0.717) is 6.54 Å². The molecule has 0 radical (unpaired) electrons. The first-order valence-corrected chi connectivity index (χ1v) is 7.77. The Bertz CT molecular complexity index is 917. The number of nitriles is 1. The third kappa shape index (κ3) is 3.71. The average Bonchev–Trinajstić information content (AvgIpc) is 3.08. The lowest BCUT2D eigenvalue weighted by molar-refractivity contribution is -0.117. The van der Waals surface area contributed by atoms with Gasteiger partial charge in [-0.3, -0.25) is 4.79 Å². The lowest BCUT2D eigenvalue weighted by Gasteiger charge is -2.04. The van der Waals surface area contributed by atoms with E-state index in [0.717, 1.165) is 28.5 Å². The third-order valence-corrected chi connectivity index (χ3v) is 3.80. The van der Waals surface area contributed by atoms with Gasteiger partial charge in [-0.1, -0.05) is 36.4 Å². The number of carbonyl (C=O) groups excluding carboxylic acids is 1. The molecule has 1 amide bonds. The summed E-state index contributed by atoms with van der Waals surface area (Å²) in [4.78, 5) is 15.3. The average molecular weight is 315 g/mol. The highest BCUT2D eigenvalue weighted by Crippen LogP contribution is 2.16. The number of amides is 1. The van der Waals surface area contributed by atoms with Crippen molar-refractivity contribution in [3.05, 3.63) is 77.5 Å². The van der Waals surface area contributed by atoms with Crippen molar-refractivity contribution in [2.45, 2.75) is 6.42 Å². The summed E-state index contributed by atoms with van der Waals surface area (Å²) < 4.78 is 0. The van der Waals surface area contributed by atoms with Crippen LogP contribution in [0.4, 0.5) is 0 Å². The molecule has 1 heterocycles. The van der Waals surface area contributed by atoms with E-state index in [4.69, 9.17) is 0 Å². The Labute approximate surface area is 140 Å². The molecule has 0 aliphatic carbocycles. The summed E-state index contributed by atoms with van der Waals surface area (Å²) in [5, 5.41) is 13.1. The monoisotopic (exact) mass is 315 g/mol. The van der Waals surface area contributed by atoms with Crippen molar-refractivity contribution in [3.8, 4) is 6.07 Å². The minimum atomic E-state index is -0.345. The summed E-state index contributed by atoms with van der Waals surface area (Å²) in [5.41, 5.74) is 3.12. The second-order valence-corrected chi connectivity index (χ2v) is 5.49. The second kappa shape index (κ2) is 7.30. The van der Waals surface area contributed by atoms with Gasteiger partial charge in [0.1, 0.15) is 11.6 Å². The Morgan fingerprint density at radius 3 is 2.79 bits per heavy atom. The van der Waals surface area contributed by atoms with Crippen LogP contribution in [0.1, 0.15) is 11.1 Å². The Morgan fingerprint density at radius 1 is 1.17 bits per heavy atom. The Balaban J connectivity index is 1.66. The molecular weight excluding hydrogens is 298 g/mol. The molecule has 0 unspecified atom stereocenters. The zero-order valence-electron chi connectivity index (χ0n) is 13.1. The number of nitrogens with zero attached hydrogens (tertiary/aromatic N) is 1. The molecule has 0 atom stereocenters. The molecule has 0 spiro atoms. The molecule has 4 nitrogen and oxygen atoms in total. The number of rotatable bonds is 5. The van der Waals surface area contributed by atoms with Gasteiger partial charge >= 0.3 is 0 Å². The van der Waals surface area contributed by atoms with Gasteiger partial charge in [0.2, 0.25) is 0 Å². The van der Waals surface area contributed by atoms with Crippen molar-refractivity contribution in [2.75, 3.05) is 6.54 Å². The molecule has 4 heteroatoms. The van der Waals surface area contributed by atoms with Crippen molar-refractivity contribution in [1.29, 1.82) is 5.26 Å². The zero-order chi connectivity index (χ0) is 16.8.